The Bertz CT molecular complexity index is 1120. The maximum absolute atomic E-state index is 12.3. The lowest BCUT2D eigenvalue weighted by atomic mass is 10.1. The zero-order valence-electron chi connectivity index (χ0n) is 16.8. The Labute approximate surface area is 174 Å². The van der Waals surface area contributed by atoms with Crippen LogP contribution in [-0.2, 0) is 13.1 Å². The summed E-state index contributed by atoms with van der Waals surface area (Å²) in [6.45, 7) is 1.39. The quantitative estimate of drug-likeness (QED) is 0.637. The topological polar surface area (TPSA) is 97.2 Å². The van der Waals surface area contributed by atoms with E-state index in [2.05, 4.69) is 37.9 Å². The third kappa shape index (κ3) is 3.73. The third-order valence-corrected chi connectivity index (χ3v) is 5.04. The van der Waals surface area contributed by atoms with E-state index in [1.54, 1.807) is 0 Å². The van der Waals surface area contributed by atoms with Gasteiger partial charge in [0.2, 0.25) is 0 Å². The van der Waals surface area contributed by atoms with Crippen LogP contribution in [0.5, 0.6) is 0 Å². The number of hydrazine groups is 1. The van der Waals surface area contributed by atoms with Gasteiger partial charge < -0.3 is 9.80 Å². The summed E-state index contributed by atoms with van der Waals surface area (Å²) in [5, 5.41) is 9.43. The Balaban J connectivity index is 1.57. The zero-order chi connectivity index (χ0) is 21.1. The highest BCUT2D eigenvalue weighted by Crippen LogP contribution is 2.37. The van der Waals surface area contributed by atoms with Crippen molar-refractivity contribution in [2.24, 2.45) is 0 Å². The molecular formula is C22H21N7O. The van der Waals surface area contributed by atoms with Crippen molar-refractivity contribution in [1.29, 1.82) is 5.26 Å². The Hall–Kier alpha value is -4.12. The number of carbonyl (C=O) groups excluding carboxylic acids is 1. The van der Waals surface area contributed by atoms with Crippen molar-refractivity contribution in [3.63, 3.8) is 0 Å². The average molecular weight is 399 g/mol. The number of nitrogens with zero attached hydrogens (tertiary/aromatic N) is 5. The van der Waals surface area contributed by atoms with Gasteiger partial charge in [0.05, 0.1) is 34.3 Å². The fraction of sp³-hybridized carbons (Fsp3) is 0.182. The van der Waals surface area contributed by atoms with Gasteiger partial charge in [0.25, 0.3) is 5.91 Å². The van der Waals surface area contributed by atoms with E-state index in [0.29, 0.717) is 17.7 Å². The standard InChI is InChI=1S/C22H21N7O/c1-28(2)20-7-6-18(26-27-22(30)17-10-24-14-25-11-17)8-21(20)29-12-16-5-3-4-15(9-23)19(16)13-29/h3-8,10-11,14,26H,12-13H2,1-2H3,(H,27,30). The highest BCUT2D eigenvalue weighted by atomic mass is 16.2. The first kappa shape index (κ1) is 19.2. The van der Waals surface area contributed by atoms with Crippen LogP contribution in [0.25, 0.3) is 0 Å². The molecule has 0 radical (unpaired) electrons. The van der Waals surface area contributed by atoms with Crippen molar-refractivity contribution in [3.8, 4) is 6.07 Å². The number of nitrogens with one attached hydrogen (secondary N) is 2. The summed E-state index contributed by atoms with van der Waals surface area (Å²) in [4.78, 5) is 24.2. The molecule has 1 amide bonds. The fourth-order valence-corrected chi connectivity index (χ4v) is 3.55. The minimum atomic E-state index is -0.318. The number of benzene rings is 2. The second-order valence-corrected chi connectivity index (χ2v) is 7.22. The molecule has 8 nitrogen and oxygen atoms in total. The van der Waals surface area contributed by atoms with E-state index in [1.165, 1.54) is 18.7 Å². The van der Waals surface area contributed by atoms with Gasteiger partial charge >= 0.3 is 0 Å². The summed E-state index contributed by atoms with van der Waals surface area (Å²) in [7, 11) is 3.99. The Morgan fingerprint density at radius 3 is 2.70 bits per heavy atom. The van der Waals surface area contributed by atoms with Crippen LogP contribution in [0.1, 0.15) is 27.0 Å². The van der Waals surface area contributed by atoms with Crippen molar-refractivity contribution in [2.75, 3.05) is 29.3 Å². The molecule has 2 aromatic carbocycles. The third-order valence-electron chi connectivity index (χ3n) is 5.04. The van der Waals surface area contributed by atoms with E-state index < -0.39 is 0 Å². The van der Waals surface area contributed by atoms with Gasteiger partial charge in [0, 0.05) is 39.6 Å². The summed E-state index contributed by atoms with van der Waals surface area (Å²) >= 11 is 0. The van der Waals surface area contributed by atoms with Crippen LogP contribution >= 0.6 is 0 Å². The minimum absolute atomic E-state index is 0.318. The normalized spacial score (nSPS) is 12.1. The van der Waals surface area contributed by atoms with Crippen LogP contribution in [0.15, 0.2) is 55.1 Å². The number of fused-ring (bicyclic) bond motifs is 1. The molecule has 150 valence electrons. The van der Waals surface area contributed by atoms with E-state index in [4.69, 9.17) is 0 Å². The van der Waals surface area contributed by atoms with Gasteiger partial charge in [-0.2, -0.15) is 5.26 Å². The number of carbonyl (C=O) groups is 1. The average Bonchev–Trinajstić information content (AvgIpc) is 3.22. The molecule has 0 saturated carbocycles. The molecule has 4 rings (SSSR count). The molecule has 0 spiro atoms. The second kappa shape index (κ2) is 8.09. The van der Waals surface area contributed by atoms with E-state index in [9.17, 15) is 10.1 Å². The SMILES string of the molecule is CN(C)c1ccc(NNC(=O)c2cncnc2)cc1N1Cc2cccc(C#N)c2C1. The maximum atomic E-state index is 12.3. The van der Waals surface area contributed by atoms with Crippen LogP contribution in [0.3, 0.4) is 0 Å². The first-order valence-electron chi connectivity index (χ1n) is 9.45. The molecule has 0 atom stereocenters. The molecule has 30 heavy (non-hydrogen) atoms. The molecule has 0 fully saturated rings. The zero-order valence-corrected chi connectivity index (χ0v) is 16.8. The number of hydrogen-bond donors (Lipinski definition) is 2. The van der Waals surface area contributed by atoms with Crippen molar-refractivity contribution < 1.29 is 4.79 Å². The lowest BCUT2D eigenvalue weighted by molar-refractivity contribution is 0.0962. The van der Waals surface area contributed by atoms with Gasteiger partial charge in [-0.1, -0.05) is 12.1 Å². The Kier molecular flexibility index (Phi) is 5.18. The lowest BCUT2D eigenvalue weighted by Gasteiger charge is -2.26. The number of nitriles is 1. The smallest absolute Gasteiger partial charge is 0.272 e. The van der Waals surface area contributed by atoms with E-state index in [-0.39, 0.29) is 5.91 Å². The van der Waals surface area contributed by atoms with Gasteiger partial charge in [-0.15, -0.1) is 0 Å². The Morgan fingerprint density at radius 2 is 1.97 bits per heavy atom. The van der Waals surface area contributed by atoms with Gasteiger partial charge in [-0.25, -0.2) is 9.97 Å². The summed E-state index contributed by atoms with van der Waals surface area (Å²) in [5.41, 5.74) is 11.8. The Morgan fingerprint density at radius 1 is 1.17 bits per heavy atom. The molecule has 2 N–H and O–H groups in total. The molecule has 1 aliphatic heterocycles. The molecule has 1 aromatic heterocycles. The minimum Gasteiger partial charge on any atom is -0.376 e. The summed E-state index contributed by atoms with van der Waals surface area (Å²) in [6, 6.07) is 14.0. The van der Waals surface area contributed by atoms with E-state index >= 15 is 0 Å². The second-order valence-electron chi connectivity index (χ2n) is 7.22. The van der Waals surface area contributed by atoms with Crippen LogP contribution in [-0.4, -0.2) is 30.0 Å². The van der Waals surface area contributed by atoms with Crippen LogP contribution in [0.4, 0.5) is 17.1 Å². The van der Waals surface area contributed by atoms with Crippen LogP contribution in [0.2, 0.25) is 0 Å². The van der Waals surface area contributed by atoms with E-state index in [1.807, 2.05) is 49.3 Å². The molecule has 2 heterocycles. The molecule has 8 heteroatoms. The van der Waals surface area contributed by atoms with E-state index in [0.717, 1.165) is 34.7 Å². The number of rotatable bonds is 5. The summed E-state index contributed by atoms with van der Waals surface area (Å²) < 4.78 is 0. The van der Waals surface area contributed by atoms with Gasteiger partial charge in [0.1, 0.15) is 6.33 Å². The van der Waals surface area contributed by atoms with Crippen molar-refractivity contribution >= 4 is 23.0 Å². The predicted octanol–water partition coefficient (Wildman–Crippen LogP) is 2.69. The maximum Gasteiger partial charge on any atom is 0.272 e. The largest absolute Gasteiger partial charge is 0.376 e. The first-order valence-corrected chi connectivity index (χ1v) is 9.45. The van der Waals surface area contributed by atoms with Crippen LogP contribution in [0, 0.1) is 11.3 Å². The predicted molar refractivity (Wildman–Crippen MR) is 115 cm³/mol. The van der Waals surface area contributed by atoms with Gasteiger partial charge in [-0.05, 0) is 35.4 Å². The fourth-order valence-electron chi connectivity index (χ4n) is 3.55. The first-order chi connectivity index (χ1) is 14.6. The summed E-state index contributed by atoms with van der Waals surface area (Å²) in [6.07, 6.45) is 4.29. The molecule has 0 unspecified atom stereocenters. The van der Waals surface area contributed by atoms with Gasteiger partial charge in [0.15, 0.2) is 0 Å². The molecule has 3 aromatic rings. The number of amides is 1. The van der Waals surface area contributed by atoms with Crippen molar-refractivity contribution in [3.05, 3.63) is 77.4 Å². The molecule has 0 saturated heterocycles. The van der Waals surface area contributed by atoms with Crippen molar-refractivity contribution in [2.45, 2.75) is 13.1 Å². The molecule has 1 aliphatic rings. The number of aromatic nitrogens is 2. The van der Waals surface area contributed by atoms with Gasteiger partial charge in [-0.3, -0.25) is 15.6 Å². The highest BCUT2D eigenvalue weighted by molar-refractivity contribution is 5.94. The number of anilines is 3. The summed E-state index contributed by atoms with van der Waals surface area (Å²) in [5.74, 6) is -0.318. The highest BCUT2D eigenvalue weighted by Gasteiger charge is 2.24. The molecule has 0 bridgehead atoms. The van der Waals surface area contributed by atoms with Crippen molar-refractivity contribution in [1.82, 2.24) is 15.4 Å². The lowest BCUT2D eigenvalue weighted by Crippen LogP contribution is -2.29. The number of hydrogen-bond acceptors (Lipinski definition) is 7. The van der Waals surface area contributed by atoms with Crippen LogP contribution < -0.4 is 20.7 Å². The monoisotopic (exact) mass is 399 g/mol. The molecule has 0 aliphatic carbocycles. The molecular weight excluding hydrogens is 378 g/mol.